The average molecular weight is 178 g/mol. The molecule has 2 nitrogen and oxygen atoms in total. The number of phenols is 1. The Bertz CT molecular complexity index is 395. The molecule has 0 radical (unpaired) electrons. The lowest BCUT2D eigenvalue weighted by Gasteiger charge is -1.94. The third-order valence-electron chi connectivity index (χ3n) is 1.21. The predicted molar refractivity (Wildman–Crippen MR) is 45.6 cm³/mol. The quantitative estimate of drug-likeness (QED) is 0.616. The number of phenolic OH excluding ortho intramolecular Hbond substituents is 1. The molecular weight excluding hydrogens is 174 g/mol. The zero-order valence-corrected chi connectivity index (χ0v) is 6.76. The first-order chi connectivity index (χ1) is 5.74. The van der Waals surface area contributed by atoms with Gasteiger partial charge in [-0.15, -0.1) is 0 Å². The topological polar surface area (TPSA) is 44.0 Å². The van der Waals surface area contributed by atoms with Gasteiger partial charge in [0.1, 0.15) is 5.75 Å². The Kier molecular flexibility index (Phi) is 2.58. The fourth-order valence-corrected chi connectivity index (χ4v) is 0.808. The van der Waals surface area contributed by atoms with Crippen LogP contribution in [0.4, 0.5) is 0 Å². The second kappa shape index (κ2) is 3.67. The summed E-state index contributed by atoms with van der Waals surface area (Å²) in [6.07, 6.45) is 0. The first-order valence-corrected chi connectivity index (χ1v) is 3.50. The largest absolute Gasteiger partial charge is 0.506 e. The molecule has 0 aliphatic rings. The summed E-state index contributed by atoms with van der Waals surface area (Å²) in [7, 11) is 0. The second-order valence-corrected chi connectivity index (χ2v) is 2.44. The van der Waals surface area contributed by atoms with E-state index in [-0.39, 0.29) is 10.8 Å². The van der Waals surface area contributed by atoms with E-state index in [1.807, 2.05) is 0 Å². The molecule has 1 rings (SSSR count). The van der Waals surface area contributed by atoms with Crippen molar-refractivity contribution in [3.63, 3.8) is 0 Å². The molecule has 58 valence electrons. The molecule has 0 fully saturated rings. The molecule has 0 unspecified atom stereocenters. The van der Waals surface area contributed by atoms with E-state index in [9.17, 15) is 0 Å². The lowest BCUT2D eigenvalue weighted by atomic mass is 10.2. The van der Waals surface area contributed by atoms with Crippen molar-refractivity contribution in [1.29, 1.82) is 5.26 Å². The smallest absolute Gasteiger partial charge is 0.152 e. The summed E-state index contributed by atoms with van der Waals surface area (Å²) >= 11 is 5.55. The van der Waals surface area contributed by atoms with E-state index in [0.29, 0.717) is 5.56 Å². The molecule has 12 heavy (non-hydrogen) atoms. The maximum absolute atomic E-state index is 9.12. The van der Waals surface area contributed by atoms with Crippen LogP contribution in [0.5, 0.6) is 5.75 Å². The van der Waals surface area contributed by atoms with E-state index in [2.05, 4.69) is 11.8 Å². The van der Waals surface area contributed by atoms with Crippen LogP contribution >= 0.6 is 11.6 Å². The SMILES string of the molecule is N#CC#Cc1ccc(Cl)c(O)c1. The number of halogens is 1. The van der Waals surface area contributed by atoms with Gasteiger partial charge in [0, 0.05) is 11.5 Å². The van der Waals surface area contributed by atoms with Crippen molar-refractivity contribution in [1.82, 2.24) is 0 Å². The molecule has 0 spiro atoms. The van der Waals surface area contributed by atoms with Gasteiger partial charge in [-0.05, 0) is 18.2 Å². The third kappa shape index (κ3) is 1.92. The number of hydrogen-bond acceptors (Lipinski definition) is 2. The van der Waals surface area contributed by atoms with Crippen LogP contribution in [0.3, 0.4) is 0 Å². The van der Waals surface area contributed by atoms with Crippen LogP contribution in [0, 0.1) is 23.2 Å². The molecule has 0 aromatic heterocycles. The van der Waals surface area contributed by atoms with E-state index in [1.54, 1.807) is 12.1 Å². The number of aromatic hydroxyl groups is 1. The van der Waals surface area contributed by atoms with Gasteiger partial charge in [-0.25, -0.2) is 0 Å². The zero-order valence-electron chi connectivity index (χ0n) is 6.00. The van der Waals surface area contributed by atoms with E-state index < -0.39 is 0 Å². The van der Waals surface area contributed by atoms with Gasteiger partial charge in [-0.1, -0.05) is 17.5 Å². The highest BCUT2D eigenvalue weighted by Gasteiger charge is 1.96. The maximum Gasteiger partial charge on any atom is 0.152 e. The first kappa shape index (κ1) is 8.46. The van der Waals surface area contributed by atoms with Crippen LogP contribution in [0.15, 0.2) is 18.2 Å². The Labute approximate surface area is 75.0 Å². The summed E-state index contributed by atoms with van der Waals surface area (Å²) in [4.78, 5) is 0. The summed E-state index contributed by atoms with van der Waals surface area (Å²) in [5.41, 5.74) is 0.568. The Morgan fingerprint density at radius 3 is 2.75 bits per heavy atom. The highest BCUT2D eigenvalue weighted by atomic mass is 35.5. The minimum Gasteiger partial charge on any atom is -0.506 e. The molecule has 3 heteroatoms. The summed E-state index contributed by atoms with van der Waals surface area (Å²) in [5, 5.41) is 17.5. The fraction of sp³-hybridized carbons (Fsp3) is 0. The third-order valence-corrected chi connectivity index (χ3v) is 1.53. The molecule has 1 N–H and O–H groups in total. The molecule has 0 atom stereocenters. The van der Waals surface area contributed by atoms with Crippen molar-refractivity contribution in [3.05, 3.63) is 28.8 Å². The standard InChI is InChI=1S/C9H4ClNO/c10-8-4-3-7(2-1-5-11)6-9(8)12/h3-4,6,12H. The Morgan fingerprint density at radius 2 is 2.17 bits per heavy atom. The molecule has 0 bridgehead atoms. The molecule has 1 aromatic rings. The molecule has 0 amide bonds. The van der Waals surface area contributed by atoms with Crippen LogP contribution in [-0.4, -0.2) is 5.11 Å². The van der Waals surface area contributed by atoms with Crippen molar-refractivity contribution in [3.8, 4) is 23.7 Å². The Balaban J connectivity index is 3.07. The van der Waals surface area contributed by atoms with Gasteiger partial charge in [-0.2, -0.15) is 5.26 Å². The summed E-state index contributed by atoms with van der Waals surface area (Å²) < 4.78 is 0. The lowest BCUT2D eigenvalue weighted by Crippen LogP contribution is -1.74. The maximum atomic E-state index is 9.12. The number of benzene rings is 1. The van der Waals surface area contributed by atoms with Gasteiger partial charge in [0.05, 0.1) is 5.02 Å². The minimum atomic E-state index is -0.0265. The number of rotatable bonds is 0. The van der Waals surface area contributed by atoms with Crippen LogP contribution < -0.4 is 0 Å². The van der Waals surface area contributed by atoms with Crippen molar-refractivity contribution >= 4 is 11.6 Å². The number of hydrogen-bond donors (Lipinski definition) is 1. The second-order valence-electron chi connectivity index (χ2n) is 2.03. The van der Waals surface area contributed by atoms with Crippen molar-refractivity contribution in [2.75, 3.05) is 0 Å². The minimum absolute atomic E-state index is 0.0265. The fourth-order valence-electron chi connectivity index (χ4n) is 0.691. The molecule has 0 heterocycles. The summed E-state index contributed by atoms with van der Waals surface area (Å²) in [6.45, 7) is 0. The van der Waals surface area contributed by atoms with Gasteiger partial charge >= 0.3 is 0 Å². The van der Waals surface area contributed by atoms with E-state index in [0.717, 1.165) is 0 Å². The van der Waals surface area contributed by atoms with Crippen LogP contribution in [0.2, 0.25) is 5.02 Å². The molecule has 0 aliphatic heterocycles. The van der Waals surface area contributed by atoms with Gasteiger partial charge in [0.15, 0.2) is 6.07 Å². The Hall–Kier alpha value is -1.64. The number of nitriles is 1. The lowest BCUT2D eigenvalue weighted by molar-refractivity contribution is 0.475. The predicted octanol–water partition coefficient (Wildman–Crippen LogP) is 1.92. The highest BCUT2D eigenvalue weighted by Crippen LogP contribution is 2.22. The molecule has 0 aliphatic carbocycles. The van der Waals surface area contributed by atoms with Crippen LogP contribution in [0.1, 0.15) is 5.56 Å². The summed E-state index contributed by atoms with van der Waals surface area (Å²) in [6, 6.07) is 6.24. The number of nitrogens with zero attached hydrogens (tertiary/aromatic N) is 1. The van der Waals surface area contributed by atoms with Crippen LogP contribution in [0.25, 0.3) is 0 Å². The normalized spacial score (nSPS) is 8.00. The van der Waals surface area contributed by atoms with Gasteiger partial charge < -0.3 is 5.11 Å². The van der Waals surface area contributed by atoms with Gasteiger partial charge in [0.25, 0.3) is 0 Å². The monoisotopic (exact) mass is 177 g/mol. The molecule has 0 saturated heterocycles. The van der Waals surface area contributed by atoms with Gasteiger partial charge in [-0.3, -0.25) is 0 Å². The van der Waals surface area contributed by atoms with Crippen LogP contribution in [-0.2, 0) is 0 Å². The molecular formula is C9H4ClNO. The molecule has 1 aromatic carbocycles. The highest BCUT2D eigenvalue weighted by molar-refractivity contribution is 6.32. The van der Waals surface area contributed by atoms with E-state index >= 15 is 0 Å². The zero-order chi connectivity index (χ0) is 8.97. The average Bonchev–Trinajstić information content (AvgIpc) is 2.07. The van der Waals surface area contributed by atoms with Crippen molar-refractivity contribution < 1.29 is 5.11 Å². The summed E-state index contributed by atoms with van der Waals surface area (Å²) in [5.74, 6) is 4.72. The van der Waals surface area contributed by atoms with Crippen molar-refractivity contribution in [2.45, 2.75) is 0 Å². The van der Waals surface area contributed by atoms with E-state index in [1.165, 1.54) is 12.1 Å². The molecule has 0 saturated carbocycles. The first-order valence-electron chi connectivity index (χ1n) is 3.12. The van der Waals surface area contributed by atoms with E-state index in [4.69, 9.17) is 22.0 Å². The van der Waals surface area contributed by atoms with Crippen molar-refractivity contribution in [2.24, 2.45) is 0 Å². The van der Waals surface area contributed by atoms with Gasteiger partial charge in [0.2, 0.25) is 0 Å². The Morgan fingerprint density at radius 1 is 1.42 bits per heavy atom.